The zero-order chi connectivity index (χ0) is 11.8. The molecule has 1 rings (SSSR count). The lowest BCUT2D eigenvalue weighted by molar-refractivity contribution is -0.121. The van der Waals surface area contributed by atoms with Gasteiger partial charge in [0, 0.05) is 12.1 Å². The normalized spacial score (nSPS) is 10.7. The van der Waals surface area contributed by atoms with Crippen molar-refractivity contribution in [1.82, 2.24) is 15.8 Å². The quantitative estimate of drug-likeness (QED) is 0.728. The second-order valence-corrected chi connectivity index (χ2v) is 3.66. The van der Waals surface area contributed by atoms with Crippen molar-refractivity contribution < 1.29 is 9.32 Å². The molecule has 0 atom stereocenters. The Bertz CT molecular complexity index is 294. The van der Waals surface area contributed by atoms with Crippen LogP contribution < -0.4 is 10.6 Å². The van der Waals surface area contributed by atoms with Gasteiger partial charge in [-0.15, -0.1) is 0 Å². The predicted molar refractivity (Wildman–Crippen MR) is 60.7 cm³/mol. The van der Waals surface area contributed by atoms with Crippen molar-refractivity contribution in [1.29, 1.82) is 0 Å². The molecule has 0 unspecified atom stereocenters. The predicted octanol–water partition coefficient (Wildman–Crippen LogP) is 1.07. The van der Waals surface area contributed by atoms with E-state index in [0.29, 0.717) is 13.1 Å². The highest BCUT2D eigenvalue weighted by atomic mass is 16.5. The van der Waals surface area contributed by atoms with Gasteiger partial charge in [0.1, 0.15) is 5.76 Å². The van der Waals surface area contributed by atoms with Crippen molar-refractivity contribution >= 4 is 5.91 Å². The Labute approximate surface area is 95.6 Å². The number of carbonyl (C=O) groups is 1. The Morgan fingerprint density at radius 1 is 1.50 bits per heavy atom. The molecule has 0 spiro atoms. The van der Waals surface area contributed by atoms with Crippen LogP contribution in [0.4, 0.5) is 0 Å². The summed E-state index contributed by atoms with van der Waals surface area (Å²) in [7, 11) is 0. The third-order valence-electron chi connectivity index (χ3n) is 2.43. The third-order valence-corrected chi connectivity index (χ3v) is 2.43. The number of hydrogen-bond donors (Lipinski definition) is 2. The smallest absolute Gasteiger partial charge is 0.234 e. The van der Waals surface area contributed by atoms with E-state index < -0.39 is 0 Å². The lowest BCUT2D eigenvalue weighted by Gasteiger charge is -2.14. The van der Waals surface area contributed by atoms with Crippen molar-refractivity contribution in [3.63, 3.8) is 0 Å². The van der Waals surface area contributed by atoms with E-state index in [9.17, 15) is 4.79 Å². The molecule has 0 aliphatic rings. The maximum absolute atomic E-state index is 11.5. The van der Waals surface area contributed by atoms with Crippen molar-refractivity contribution in [2.75, 3.05) is 6.54 Å². The topological polar surface area (TPSA) is 67.2 Å². The van der Waals surface area contributed by atoms with Gasteiger partial charge in [0.25, 0.3) is 0 Å². The largest absolute Gasteiger partial charge is 0.360 e. The summed E-state index contributed by atoms with van der Waals surface area (Å²) in [4.78, 5) is 11.5. The van der Waals surface area contributed by atoms with Crippen LogP contribution in [0.1, 0.15) is 32.4 Å². The summed E-state index contributed by atoms with van der Waals surface area (Å²) in [5.74, 6) is 0.753. The van der Waals surface area contributed by atoms with E-state index in [2.05, 4.69) is 29.6 Å². The molecule has 5 heteroatoms. The Morgan fingerprint density at radius 3 is 2.81 bits per heavy atom. The molecular weight excluding hydrogens is 206 g/mol. The molecule has 90 valence electrons. The van der Waals surface area contributed by atoms with E-state index >= 15 is 0 Å². The van der Waals surface area contributed by atoms with Crippen LogP contribution in [0.2, 0.25) is 0 Å². The minimum atomic E-state index is 0.0215. The van der Waals surface area contributed by atoms with E-state index in [1.54, 1.807) is 12.3 Å². The first kappa shape index (κ1) is 12.7. The van der Waals surface area contributed by atoms with E-state index in [0.717, 1.165) is 18.6 Å². The molecule has 0 saturated carbocycles. The molecule has 0 aromatic carbocycles. The standard InChI is InChI=1S/C11H19N3O2/c1-3-9(4-2)14-11(15)8-12-7-10-5-6-13-16-10/h5-6,9,12H,3-4,7-8H2,1-2H3,(H,14,15). The minimum Gasteiger partial charge on any atom is -0.360 e. The van der Waals surface area contributed by atoms with Crippen LogP contribution in [0, 0.1) is 0 Å². The van der Waals surface area contributed by atoms with Crippen LogP contribution in [0.25, 0.3) is 0 Å². The Balaban J connectivity index is 2.15. The van der Waals surface area contributed by atoms with Gasteiger partial charge in [-0.1, -0.05) is 19.0 Å². The fourth-order valence-electron chi connectivity index (χ4n) is 1.40. The van der Waals surface area contributed by atoms with Crippen LogP contribution >= 0.6 is 0 Å². The second-order valence-electron chi connectivity index (χ2n) is 3.66. The van der Waals surface area contributed by atoms with Crippen molar-refractivity contribution in [3.05, 3.63) is 18.0 Å². The van der Waals surface area contributed by atoms with Gasteiger partial charge in [-0.25, -0.2) is 0 Å². The van der Waals surface area contributed by atoms with E-state index in [1.165, 1.54) is 0 Å². The SMILES string of the molecule is CCC(CC)NC(=O)CNCc1ccno1. The molecule has 1 aromatic heterocycles. The first-order chi connectivity index (χ1) is 7.76. The number of nitrogens with one attached hydrogen (secondary N) is 2. The van der Waals surface area contributed by atoms with Crippen LogP contribution in [0.5, 0.6) is 0 Å². The number of amides is 1. The van der Waals surface area contributed by atoms with Crippen LogP contribution in [-0.2, 0) is 11.3 Å². The molecule has 1 amide bonds. The van der Waals surface area contributed by atoms with E-state index in [-0.39, 0.29) is 11.9 Å². The van der Waals surface area contributed by atoms with Crippen molar-refractivity contribution in [2.24, 2.45) is 0 Å². The van der Waals surface area contributed by atoms with Crippen LogP contribution in [0.3, 0.4) is 0 Å². The van der Waals surface area contributed by atoms with Gasteiger partial charge in [0.05, 0.1) is 19.3 Å². The molecule has 16 heavy (non-hydrogen) atoms. The maximum Gasteiger partial charge on any atom is 0.234 e. The summed E-state index contributed by atoms with van der Waals surface area (Å²) in [6.07, 6.45) is 3.51. The van der Waals surface area contributed by atoms with Gasteiger partial charge in [-0.05, 0) is 12.8 Å². The molecule has 2 N–H and O–H groups in total. The Morgan fingerprint density at radius 2 is 2.25 bits per heavy atom. The van der Waals surface area contributed by atoms with E-state index in [1.807, 2.05) is 0 Å². The fraction of sp³-hybridized carbons (Fsp3) is 0.636. The monoisotopic (exact) mass is 225 g/mol. The Kier molecular flexibility index (Phi) is 5.56. The van der Waals surface area contributed by atoms with Gasteiger partial charge >= 0.3 is 0 Å². The molecule has 1 aromatic rings. The molecule has 0 radical (unpaired) electrons. The number of rotatable bonds is 7. The van der Waals surface area contributed by atoms with Gasteiger partial charge in [0.2, 0.25) is 5.91 Å². The average molecular weight is 225 g/mol. The molecular formula is C11H19N3O2. The Hall–Kier alpha value is -1.36. The lowest BCUT2D eigenvalue weighted by Crippen LogP contribution is -2.39. The highest BCUT2D eigenvalue weighted by Gasteiger charge is 2.07. The number of aromatic nitrogens is 1. The molecule has 0 fully saturated rings. The lowest BCUT2D eigenvalue weighted by atomic mass is 10.2. The third kappa shape index (κ3) is 4.44. The maximum atomic E-state index is 11.5. The highest BCUT2D eigenvalue weighted by Crippen LogP contribution is 1.96. The molecule has 0 saturated heterocycles. The first-order valence-corrected chi connectivity index (χ1v) is 5.65. The first-order valence-electron chi connectivity index (χ1n) is 5.65. The van der Waals surface area contributed by atoms with Gasteiger partial charge in [-0.2, -0.15) is 0 Å². The second kappa shape index (κ2) is 7.00. The van der Waals surface area contributed by atoms with Gasteiger partial charge < -0.3 is 15.2 Å². The molecule has 0 aliphatic heterocycles. The molecule has 5 nitrogen and oxygen atoms in total. The molecule has 1 heterocycles. The average Bonchev–Trinajstić information content (AvgIpc) is 2.79. The summed E-state index contributed by atoms with van der Waals surface area (Å²) in [5.41, 5.74) is 0. The van der Waals surface area contributed by atoms with Crippen molar-refractivity contribution in [3.8, 4) is 0 Å². The zero-order valence-corrected chi connectivity index (χ0v) is 9.82. The van der Waals surface area contributed by atoms with Gasteiger partial charge in [0.15, 0.2) is 0 Å². The summed E-state index contributed by atoms with van der Waals surface area (Å²) < 4.78 is 4.89. The van der Waals surface area contributed by atoms with Gasteiger partial charge in [-0.3, -0.25) is 4.79 Å². The fourth-order valence-corrected chi connectivity index (χ4v) is 1.40. The van der Waals surface area contributed by atoms with Crippen LogP contribution in [-0.4, -0.2) is 23.7 Å². The molecule has 0 bridgehead atoms. The number of nitrogens with zero attached hydrogens (tertiary/aromatic N) is 1. The summed E-state index contributed by atoms with van der Waals surface area (Å²) in [6, 6.07) is 2.05. The minimum absolute atomic E-state index is 0.0215. The number of carbonyl (C=O) groups excluding carboxylic acids is 1. The summed E-state index contributed by atoms with van der Waals surface area (Å²) >= 11 is 0. The molecule has 0 aliphatic carbocycles. The van der Waals surface area contributed by atoms with Crippen molar-refractivity contribution in [2.45, 2.75) is 39.3 Å². The highest BCUT2D eigenvalue weighted by molar-refractivity contribution is 5.78. The van der Waals surface area contributed by atoms with E-state index in [4.69, 9.17) is 4.52 Å². The van der Waals surface area contributed by atoms with Crippen LogP contribution in [0.15, 0.2) is 16.8 Å². The summed E-state index contributed by atoms with van der Waals surface area (Å²) in [6.45, 7) is 4.96. The number of hydrogen-bond acceptors (Lipinski definition) is 4. The summed E-state index contributed by atoms with van der Waals surface area (Å²) in [5, 5.41) is 9.52. The zero-order valence-electron chi connectivity index (χ0n) is 9.82.